The lowest BCUT2D eigenvalue weighted by Crippen LogP contribution is -2.45. The van der Waals surface area contributed by atoms with E-state index in [9.17, 15) is 26.4 Å². The van der Waals surface area contributed by atoms with E-state index in [0.717, 1.165) is 10.6 Å². The first-order valence-corrected chi connectivity index (χ1v) is 7.38. The molecule has 0 saturated carbocycles. The monoisotopic (exact) mass is 304 g/mol. The van der Waals surface area contributed by atoms with Gasteiger partial charge < -0.3 is 0 Å². The summed E-state index contributed by atoms with van der Waals surface area (Å²) in [7, 11) is -3.40. The number of rotatable bonds is 4. The Morgan fingerprint density at radius 3 is 2.63 bits per heavy atom. The molecule has 1 atom stereocenters. The fraction of sp³-hybridized carbons (Fsp3) is 0.889. The first-order valence-electron chi connectivity index (χ1n) is 5.53. The van der Waals surface area contributed by atoms with E-state index in [1.807, 2.05) is 0 Å². The van der Waals surface area contributed by atoms with Crippen LogP contribution in [0.1, 0.15) is 12.8 Å². The number of amides is 1. The number of nitrogens with zero attached hydrogens (tertiary/aromatic N) is 1. The summed E-state index contributed by atoms with van der Waals surface area (Å²) in [5.74, 6) is -1.44. The first-order chi connectivity index (χ1) is 8.59. The van der Waals surface area contributed by atoms with E-state index in [2.05, 4.69) is 4.84 Å². The van der Waals surface area contributed by atoms with Crippen LogP contribution in [0.4, 0.5) is 13.2 Å². The molecular weight excluding hydrogens is 289 g/mol. The fourth-order valence-electron chi connectivity index (χ4n) is 1.73. The SMILES string of the molecule is CS(=O)(=O)N1CCCC(C(=O)NOCC(F)(F)F)C1. The lowest BCUT2D eigenvalue weighted by molar-refractivity contribution is -0.193. The molecule has 1 aliphatic rings. The van der Waals surface area contributed by atoms with Gasteiger partial charge in [0.1, 0.15) is 0 Å². The van der Waals surface area contributed by atoms with Crippen LogP contribution >= 0.6 is 0 Å². The maximum absolute atomic E-state index is 11.8. The highest BCUT2D eigenvalue weighted by atomic mass is 32.2. The number of hydrogen-bond donors (Lipinski definition) is 1. The molecule has 1 fully saturated rings. The molecule has 112 valence electrons. The molecule has 0 aliphatic carbocycles. The number of carbonyl (C=O) groups excluding carboxylic acids is 1. The third-order valence-electron chi connectivity index (χ3n) is 2.63. The Hall–Kier alpha value is -0.870. The van der Waals surface area contributed by atoms with Crippen LogP contribution < -0.4 is 5.48 Å². The van der Waals surface area contributed by atoms with E-state index in [0.29, 0.717) is 19.4 Å². The zero-order valence-electron chi connectivity index (χ0n) is 10.2. The van der Waals surface area contributed by atoms with Crippen molar-refractivity contribution in [3.63, 3.8) is 0 Å². The summed E-state index contributed by atoms with van der Waals surface area (Å²) >= 11 is 0. The minimum Gasteiger partial charge on any atom is -0.272 e. The second kappa shape index (κ2) is 6.06. The molecule has 1 amide bonds. The van der Waals surface area contributed by atoms with Gasteiger partial charge in [0.15, 0.2) is 6.61 Å². The molecule has 1 heterocycles. The summed E-state index contributed by atoms with van der Waals surface area (Å²) in [6, 6.07) is 0. The molecule has 0 aromatic carbocycles. The minimum absolute atomic E-state index is 0.0416. The number of hydroxylamine groups is 1. The van der Waals surface area contributed by atoms with Gasteiger partial charge in [-0.05, 0) is 12.8 Å². The molecule has 1 unspecified atom stereocenters. The van der Waals surface area contributed by atoms with Gasteiger partial charge in [0.05, 0.1) is 12.2 Å². The molecule has 1 saturated heterocycles. The van der Waals surface area contributed by atoms with Crippen molar-refractivity contribution in [3.05, 3.63) is 0 Å². The fourth-order valence-corrected chi connectivity index (χ4v) is 2.64. The number of hydrogen-bond acceptors (Lipinski definition) is 4. The Balaban J connectivity index is 2.45. The third-order valence-corrected chi connectivity index (χ3v) is 3.90. The zero-order chi connectivity index (χ0) is 14.7. The van der Waals surface area contributed by atoms with Gasteiger partial charge in [-0.2, -0.15) is 13.2 Å². The lowest BCUT2D eigenvalue weighted by atomic mass is 9.99. The molecule has 6 nitrogen and oxygen atoms in total. The number of alkyl halides is 3. The van der Waals surface area contributed by atoms with Gasteiger partial charge in [-0.3, -0.25) is 9.63 Å². The summed E-state index contributed by atoms with van der Waals surface area (Å²) in [6.07, 6.45) is -2.62. The van der Waals surface area contributed by atoms with Gasteiger partial charge in [-0.15, -0.1) is 0 Å². The number of carbonyl (C=O) groups is 1. The molecule has 0 spiro atoms. The summed E-state index contributed by atoms with van der Waals surface area (Å²) < 4.78 is 59.2. The summed E-state index contributed by atoms with van der Waals surface area (Å²) in [5.41, 5.74) is 1.70. The Bertz CT molecular complexity index is 424. The van der Waals surface area contributed by atoms with Crippen molar-refractivity contribution in [2.45, 2.75) is 19.0 Å². The van der Waals surface area contributed by atoms with Crippen LogP contribution in [-0.4, -0.2) is 50.8 Å². The Kier molecular flexibility index (Phi) is 5.16. The van der Waals surface area contributed by atoms with Crippen LogP contribution in [0, 0.1) is 5.92 Å². The van der Waals surface area contributed by atoms with Crippen LogP contribution in [0.25, 0.3) is 0 Å². The van der Waals surface area contributed by atoms with Crippen LogP contribution in [0.5, 0.6) is 0 Å². The molecule has 19 heavy (non-hydrogen) atoms. The van der Waals surface area contributed by atoms with Gasteiger partial charge in [-0.1, -0.05) is 0 Å². The normalized spacial score (nSPS) is 22.2. The highest BCUT2D eigenvalue weighted by molar-refractivity contribution is 7.88. The van der Waals surface area contributed by atoms with Crippen LogP contribution in [-0.2, 0) is 19.7 Å². The summed E-state index contributed by atoms with van der Waals surface area (Å²) in [5, 5.41) is 0. The third kappa shape index (κ3) is 5.74. The van der Waals surface area contributed by atoms with E-state index in [-0.39, 0.29) is 6.54 Å². The van der Waals surface area contributed by atoms with Crippen molar-refractivity contribution in [1.82, 2.24) is 9.79 Å². The van der Waals surface area contributed by atoms with E-state index >= 15 is 0 Å². The van der Waals surface area contributed by atoms with Crippen molar-refractivity contribution < 1.29 is 31.2 Å². The highest BCUT2D eigenvalue weighted by Crippen LogP contribution is 2.19. The second-order valence-corrected chi connectivity index (χ2v) is 6.31. The van der Waals surface area contributed by atoms with Crippen molar-refractivity contribution in [2.24, 2.45) is 5.92 Å². The standard InChI is InChI=1S/C9H15F3N2O4S/c1-19(16,17)14-4-2-3-7(5-14)8(15)13-18-6-9(10,11)12/h7H,2-6H2,1H3,(H,13,15). The number of nitrogens with one attached hydrogen (secondary N) is 1. The molecule has 0 radical (unpaired) electrons. The quantitative estimate of drug-likeness (QED) is 0.756. The lowest BCUT2D eigenvalue weighted by Gasteiger charge is -2.29. The molecule has 10 heteroatoms. The van der Waals surface area contributed by atoms with Crippen molar-refractivity contribution in [1.29, 1.82) is 0 Å². The molecule has 0 aromatic heterocycles. The van der Waals surface area contributed by atoms with Crippen molar-refractivity contribution in [2.75, 3.05) is 26.0 Å². The Morgan fingerprint density at radius 2 is 2.11 bits per heavy atom. The average Bonchev–Trinajstić information content (AvgIpc) is 2.26. The van der Waals surface area contributed by atoms with Crippen LogP contribution in [0.15, 0.2) is 0 Å². The topological polar surface area (TPSA) is 75.7 Å². The second-order valence-electron chi connectivity index (χ2n) is 4.33. The molecular formula is C9H15F3N2O4S. The number of piperidine rings is 1. The highest BCUT2D eigenvalue weighted by Gasteiger charge is 2.32. The predicted molar refractivity (Wildman–Crippen MR) is 59.3 cm³/mol. The predicted octanol–water partition coefficient (Wildman–Crippen LogP) is 0.268. The van der Waals surface area contributed by atoms with Gasteiger partial charge in [-0.25, -0.2) is 18.2 Å². The van der Waals surface area contributed by atoms with Gasteiger partial charge in [0.2, 0.25) is 15.9 Å². The maximum Gasteiger partial charge on any atom is 0.414 e. The molecule has 1 aliphatic heterocycles. The van der Waals surface area contributed by atoms with Crippen molar-refractivity contribution >= 4 is 15.9 Å². The van der Waals surface area contributed by atoms with Gasteiger partial charge in [0, 0.05) is 13.1 Å². The average molecular weight is 304 g/mol. The molecule has 1 rings (SSSR count). The summed E-state index contributed by atoms with van der Waals surface area (Å²) in [4.78, 5) is 15.6. The van der Waals surface area contributed by atoms with Crippen molar-refractivity contribution in [3.8, 4) is 0 Å². The van der Waals surface area contributed by atoms with Crippen LogP contribution in [0.3, 0.4) is 0 Å². The van der Waals surface area contributed by atoms with E-state index < -0.39 is 34.6 Å². The number of halogens is 3. The summed E-state index contributed by atoms with van der Waals surface area (Å²) in [6.45, 7) is -1.31. The molecule has 0 bridgehead atoms. The van der Waals surface area contributed by atoms with E-state index in [1.54, 1.807) is 5.48 Å². The Morgan fingerprint density at radius 1 is 1.47 bits per heavy atom. The minimum atomic E-state index is -4.53. The zero-order valence-corrected chi connectivity index (χ0v) is 11.1. The Labute approximate surface area is 108 Å². The molecule has 1 N–H and O–H groups in total. The van der Waals surface area contributed by atoms with E-state index in [1.165, 1.54) is 0 Å². The van der Waals surface area contributed by atoms with E-state index in [4.69, 9.17) is 0 Å². The largest absolute Gasteiger partial charge is 0.414 e. The number of sulfonamides is 1. The maximum atomic E-state index is 11.8. The first kappa shape index (κ1) is 16.2. The smallest absolute Gasteiger partial charge is 0.272 e. The van der Waals surface area contributed by atoms with Gasteiger partial charge in [0.25, 0.3) is 0 Å². The van der Waals surface area contributed by atoms with Gasteiger partial charge >= 0.3 is 6.18 Å². The van der Waals surface area contributed by atoms with Crippen LogP contribution in [0.2, 0.25) is 0 Å². The molecule has 0 aromatic rings.